The molecule has 1 fully saturated rings. The van der Waals surface area contributed by atoms with Crippen LogP contribution < -0.4 is 9.64 Å². The second-order valence-electron chi connectivity index (χ2n) is 7.31. The molecule has 0 amide bonds. The van der Waals surface area contributed by atoms with Crippen molar-refractivity contribution in [3.05, 3.63) is 72.3 Å². The van der Waals surface area contributed by atoms with Crippen molar-refractivity contribution in [2.75, 3.05) is 44.7 Å². The molecule has 0 N–H and O–H groups in total. The van der Waals surface area contributed by atoms with E-state index in [2.05, 4.69) is 64.4 Å². The number of ether oxygens (including phenoxy) is 1. The molecule has 0 aromatic heterocycles. The van der Waals surface area contributed by atoms with E-state index in [4.69, 9.17) is 4.74 Å². The van der Waals surface area contributed by atoms with Crippen LogP contribution in [-0.4, -0.2) is 44.7 Å². The van der Waals surface area contributed by atoms with Crippen molar-refractivity contribution in [3.8, 4) is 5.75 Å². The average Bonchev–Trinajstić information content (AvgIpc) is 2.74. The summed E-state index contributed by atoms with van der Waals surface area (Å²) in [6.07, 6.45) is 2.38. The lowest BCUT2D eigenvalue weighted by atomic mass is 10.0. The Morgan fingerprint density at radius 1 is 0.815 bits per heavy atom. The van der Waals surface area contributed by atoms with E-state index >= 15 is 0 Å². The molecule has 0 radical (unpaired) electrons. The highest BCUT2D eigenvalue weighted by Crippen LogP contribution is 2.21. The first-order chi connectivity index (χ1) is 13.3. The quantitative estimate of drug-likeness (QED) is 0.639. The lowest BCUT2D eigenvalue weighted by Gasteiger charge is -2.36. The number of rotatable bonds is 6. The van der Waals surface area contributed by atoms with Gasteiger partial charge in [-0.2, -0.15) is 0 Å². The standard InChI is InChI=1S/C24H28N2O/c1-27-24-12-10-23(11-13-24)26-17-15-25(16-18-26)14-4-5-20-8-9-21-6-2-3-7-22(21)19-20/h2-3,6-13,19H,4-5,14-18H2,1H3. The molecule has 1 aliphatic heterocycles. The monoisotopic (exact) mass is 360 g/mol. The van der Waals surface area contributed by atoms with E-state index in [1.165, 1.54) is 35.0 Å². The summed E-state index contributed by atoms with van der Waals surface area (Å²) >= 11 is 0. The Kier molecular flexibility index (Phi) is 5.59. The van der Waals surface area contributed by atoms with E-state index in [9.17, 15) is 0 Å². The fourth-order valence-corrected chi connectivity index (χ4v) is 3.92. The van der Waals surface area contributed by atoms with Crippen molar-refractivity contribution >= 4 is 16.5 Å². The van der Waals surface area contributed by atoms with Gasteiger partial charge < -0.3 is 9.64 Å². The maximum atomic E-state index is 5.25. The summed E-state index contributed by atoms with van der Waals surface area (Å²) in [7, 11) is 1.71. The molecular weight excluding hydrogens is 332 g/mol. The first kappa shape index (κ1) is 17.9. The number of methoxy groups -OCH3 is 1. The molecule has 0 saturated carbocycles. The van der Waals surface area contributed by atoms with Crippen LogP contribution in [0.2, 0.25) is 0 Å². The maximum Gasteiger partial charge on any atom is 0.119 e. The van der Waals surface area contributed by atoms with E-state index in [1.54, 1.807) is 7.11 Å². The smallest absolute Gasteiger partial charge is 0.119 e. The molecule has 0 unspecified atom stereocenters. The van der Waals surface area contributed by atoms with Gasteiger partial charge in [0.25, 0.3) is 0 Å². The van der Waals surface area contributed by atoms with Crippen LogP contribution in [-0.2, 0) is 6.42 Å². The minimum Gasteiger partial charge on any atom is -0.497 e. The summed E-state index contributed by atoms with van der Waals surface area (Å²) in [6.45, 7) is 5.67. The van der Waals surface area contributed by atoms with Crippen LogP contribution in [0.1, 0.15) is 12.0 Å². The van der Waals surface area contributed by atoms with Gasteiger partial charge in [-0.1, -0.05) is 42.5 Å². The average molecular weight is 361 g/mol. The van der Waals surface area contributed by atoms with E-state index in [1.807, 2.05) is 12.1 Å². The highest BCUT2D eigenvalue weighted by molar-refractivity contribution is 5.82. The number of nitrogens with zero attached hydrogens (tertiary/aromatic N) is 2. The molecule has 4 rings (SSSR count). The Morgan fingerprint density at radius 2 is 1.56 bits per heavy atom. The lowest BCUT2D eigenvalue weighted by molar-refractivity contribution is 0.255. The molecule has 0 bridgehead atoms. The van der Waals surface area contributed by atoms with Crippen molar-refractivity contribution in [2.24, 2.45) is 0 Å². The topological polar surface area (TPSA) is 15.7 Å². The molecule has 3 aromatic carbocycles. The zero-order valence-electron chi connectivity index (χ0n) is 16.1. The first-order valence-corrected chi connectivity index (χ1v) is 9.91. The van der Waals surface area contributed by atoms with Crippen molar-refractivity contribution in [2.45, 2.75) is 12.8 Å². The summed E-state index contributed by atoms with van der Waals surface area (Å²) in [6, 6.07) is 23.9. The molecular formula is C24H28N2O. The van der Waals surface area contributed by atoms with Crippen LogP contribution in [0.25, 0.3) is 10.8 Å². The minimum absolute atomic E-state index is 0.922. The maximum absolute atomic E-state index is 5.25. The largest absolute Gasteiger partial charge is 0.497 e. The zero-order chi connectivity index (χ0) is 18.5. The van der Waals surface area contributed by atoms with Gasteiger partial charge in [0.05, 0.1) is 7.11 Å². The summed E-state index contributed by atoms with van der Waals surface area (Å²) in [4.78, 5) is 5.07. The van der Waals surface area contributed by atoms with Gasteiger partial charge in [0, 0.05) is 31.9 Å². The minimum atomic E-state index is 0.922. The molecule has 1 saturated heterocycles. The molecule has 140 valence electrons. The van der Waals surface area contributed by atoms with Crippen molar-refractivity contribution in [1.82, 2.24) is 4.90 Å². The van der Waals surface area contributed by atoms with Gasteiger partial charge in [-0.3, -0.25) is 4.90 Å². The third-order valence-electron chi connectivity index (χ3n) is 5.56. The highest BCUT2D eigenvalue weighted by Gasteiger charge is 2.16. The van der Waals surface area contributed by atoms with E-state index < -0.39 is 0 Å². The molecule has 3 nitrogen and oxygen atoms in total. The van der Waals surface area contributed by atoms with Gasteiger partial charge in [0.15, 0.2) is 0 Å². The van der Waals surface area contributed by atoms with E-state index in [-0.39, 0.29) is 0 Å². The number of aryl methyl sites for hydroxylation is 1. The summed E-state index contributed by atoms with van der Waals surface area (Å²) in [5, 5.41) is 2.68. The Labute approximate surface area is 162 Å². The number of benzene rings is 3. The second-order valence-corrected chi connectivity index (χ2v) is 7.31. The SMILES string of the molecule is COc1ccc(N2CCN(CCCc3ccc4ccccc4c3)CC2)cc1. The van der Waals surface area contributed by atoms with Crippen LogP contribution in [0.4, 0.5) is 5.69 Å². The number of hydrogen-bond donors (Lipinski definition) is 0. The van der Waals surface area contributed by atoms with Crippen LogP contribution in [0.5, 0.6) is 5.75 Å². The Balaban J connectivity index is 1.24. The van der Waals surface area contributed by atoms with Crippen LogP contribution in [0.15, 0.2) is 66.7 Å². The summed E-state index contributed by atoms with van der Waals surface area (Å²) in [5.74, 6) is 0.922. The number of fused-ring (bicyclic) bond motifs is 1. The summed E-state index contributed by atoms with van der Waals surface area (Å²) < 4.78 is 5.25. The van der Waals surface area contributed by atoms with E-state index in [0.29, 0.717) is 0 Å². The Morgan fingerprint density at radius 3 is 2.30 bits per heavy atom. The van der Waals surface area contributed by atoms with Gasteiger partial charge in [-0.05, 0) is 60.0 Å². The van der Waals surface area contributed by atoms with Crippen LogP contribution in [0.3, 0.4) is 0 Å². The van der Waals surface area contributed by atoms with Gasteiger partial charge in [-0.25, -0.2) is 0 Å². The molecule has 1 heterocycles. The fraction of sp³-hybridized carbons (Fsp3) is 0.333. The van der Waals surface area contributed by atoms with E-state index in [0.717, 1.165) is 38.3 Å². The number of hydrogen-bond acceptors (Lipinski definition) is 3. The Bertz CT molecular complexity index is 867. The predicted molar refractivity (Wildman–Crippen MR) is 114 cm³/mol. The zero-order valence-corrected chi connectivity index (χ0v) is 16.1. The number of anilines is 1. The Hall–Kier alpha value is -2.52. The fourth-order valence-electron chi connectivity index (χ4n) is 3.92. The molecule has 0 spiro atoms. The first-order valence-electron chi connectivity index (χ1n) is 9.91. The molecule has 1 aliphatic rings. The molecule has 3 aromatic rings. The van der Waals surface area contributed by atoms with Gasteiger partial charge in [-0.15, -0.1) is 0 Å². The van der Waals surface area contributed by atoms with Gasteiger partial charge in [0.1, 0.15) is 5.75 Å². The normalized spacial score (nSPS) is 15.2. The highest BCUT2D eigenvalue weighted by atomic mass is 16.5. The molecule has 3 heteroatoms. The van der Waals surface area contributed by atoms with Crippen molar-refractivity contribution in [1.29, 1.82) is 0 Å². The second kappa shape index (κ2) is 8.45. The predicted octanol–water partition coefficient (Wildman–Crippen LogP) is 4.60. The molecule has 27 heavy (non-hydrogen) atoms. The van der Waals surface area contributed by atoms with Crippen LogP contribution in [0, 0.1) is 0 Å². The third-order valence-corrected chi connectivity index (χ3v) is 5.56. The van der Waals surface area contributed by atoms with Crippen molar-refractivity contribution < 1.29 is 4.74 Å². The number of piperazine rings is 1. The van der Waals surface area contributed by atoms with Gasteiger partial charge in [0.2, 0.25) is 0 Å². The third kappa shape index (κ3) is 4.42. The van der Waals surface area contributed by atoms with Crippen LogP contribution >= 0.6 is 0 Å². The molecule has 0 atom stereocenters. The molecule has 0 aliphatic carbocycles. The van der Waals surface area contributed by atoms with Gasteiger partial charge >= 0.3 is 0 Å². The lowest BCUT2D eigenvalue weighted by Crippen LogP contribution is -2.46. The summed E-state index contributed by atoms with van der Waals surface area (Å²) in [5.41, 5.74) is 2.75. The van der Waals surface area contributed by atoms with Crippen molar-refractivity contribution in [3.63, 3.8) is 0 Å².